The molecule has 3 rings (SSSR count). The van der Waals surface area contributed by atoms with Gasteiger partial charge in [-0.2, -0.15) is 0 Å². The summed E-state index contributed by atoms with van der Waals surface area (Å²) in [6.45, 7) is 3.03. The van der Waals surface area contributed by atoms with E-state index in [2.05, 4.69) is 20.3 Å². The smallest absolute Gasteiger partial charge is 0.274 e. The molecule has 7 nitrogen and oxygen atoms in total. The lowest BCUT2D eigenvalue weighted by Gasteiger charge is -2.22. The molecule has 2 amide bonds. The number of benzene rings is 1. The van der Waals surface area contributed by atoms with Crippen LogP contribution < -0.4 is 5.32 Å². The molecule has 0 aliphatic heterocycles. The molecule has 0 atom stereocenters. The van der Waals surface area contributed by atoms with Gasteiger partial charge in [-0.3, -0.25) is 19.6 Å². The van der Waals surface area contributed by atoms with Crippen LogP contribution in [-0.4, -0.2) is 44.8 Å². The Morgan fingerprint density at radius 3 is 2.43 bits per heavy atom. The third kappa shape index (κ3) is 6.48. The Balaban J connectivity index is 1.60. The van der Waals surface area contributed by atoms with E-state index in [-0.39, 0.29) is 23.9 Å². The Labute approximate surface area is 176 Å². The summed E-state index contributed by atoms with van der Waals surface area (Å²) < 4.78 is 0. The Hall–Kier alpha value is -3.61. The zero-order valence-electron chi connectivity index (χ0n) is 17.0. The number of amides is 2. The number of hydrogen-bond acceptors (Lipinski definition) is 5. The number of hydrogen-bond donors (Lipinski definition) is 1. The summed E-state index contributed by atoms with van der Waals surface area (Å²) in [4.78, 5) is 39.3. The topological polar surface area (TPSA) is 88.1 Å². The highest BCUT2D eigenvalue weighted by Crippen LogP contribution is 2.07. The Morgan fingerprint density at radius 2 is 1.73 bits per heavy atom. The standard InChI is InChI=1S/C23H25N5O2/c1-18-14-26-21(17-25-18)23(30)28(12-9-19-6-3-2-4-7-19)13-10-22(29)27-16-20-8-5-11-24-15-20/h2-8,11,14-15,17H,9-10,12-13,16H2,1H3,(H,27,29). The monoisotopic (exact) mass is 403 g/mol. The van der Waals surface area contributed by atoms with Gasteiger partial charge in [0.25, 0.3) is 5.91 Å². The van der Waals surface area contributed by atoms with Crippen molar-refractivity contribution in [3.8, 4) is 0 Å². The van der Waals surface area contributed by atoms with Crippen molar-refractivity contribution in [2.75, 3.05) is 13.1 Å². The van der Waals surface area contributed by atoms with Crippen molar-refractivity contribution >= 4 is 11.8 Å². The molecule has 0 saturated heterocycles. The lowest BCUT2D eigenvalue weighted by molar-refractivity contribution is -0.121. The first-order chi connectivity index (χ1) is 14.6. The number of pyridine rings is 1. The van der Waals surface area contributed by atoms with E-state index in [4.69, 9.17) is 0 Å². The van der Waals surface area contributed by atoms with E-state index in [0.717, 1.165) is 16.8 Å². The summed E-state index contributed by atoms with van der Waals surface area (Å²) in [7, 11) is 0. The molecule has 0 bridgehead atoms. The van der Waals surface area contributed by atoms with Gasteiger partial charge in [0, 0.05) is 44.6 Å². The van der Waals surface area contributed by atoms with Gasteiger partial charge in [0.2, 0.25) is 5.91 Å². The van der Waals surface area contributed by atoms with Gasteiger partial charge in [-0.1, -0.05) is 36.4 Å². The largest absolute Gasteiger partial charge is 0.352 e. The Kier molecular flexibility index (Phi) is 7.60. The summed E-state index contributed by atoms with van der Waals surface area (Å²) in [6.07, 6.45) is 7.36. The van der Waals surface area contributed by atoms with Crippen LogP contribution in [0.15, 0.2) is 67.3 Å². The van der Waals surface area contributed by atoms with E-state index in [1.54, 1.807) is 23.5 Å². The second kappa shape index (κ2) is 10.8. The number of aromatic nitrogens is 3. The molecular weight excluding hydrogens is 378 g/mol. The zero-order chi connectivity index (χ0) is 21.2. The lowest BCUT2D eigenvalue weighted by atomic mass is 10.1. The summed E-state index contributed by atoms with van der Waals surface area (Å²) in [6, 6.07) is 13.7. The third-order valence-corrected chi connectivity index (χ3v) is 4.62. The predicted octanol–water partition coefficient (Wildman–Crippen LogP) is 2.57. The second-order valence-corrected chi connectivity index (χ2v) is 6.96. The lowest BCUT2D eigenvalue weighted by Crippen LogP contribution is -2.37. The first-order valence-electron chi connectivity index (χ1n) is 9.89. The van der Waals surface area contributed by atoms with Crippen molar-refractivity contribution in [2.24, 2.45) is 0 Å². The van der Waals surface area contributed by atoms with Gasteiger partial charge in [0.05, 0.1) is 11.9 Å². The minimum Gasteiger partial charge on any atom is -0.352 e. The fraction of sp³-hybridized carbons (Fsp3) is 0.261. The fourth-order valence-electron chi connectivity index (χ4n) is 2.92. The van der Waals surface area contributed by atoms with Crippen molar-refractivity contribution in [2.45, 2.75) is 26.3 Å². The van der Waals surface area contributed by atoms with Crippen LogP contribution in [0.5, 0.6) is 0 Å². The number of rotatable bonds is 9. The summed E-state index contributed by atoms with van der Waals surface area (Å²) >= 11 is 0. The summed E-state index contributed by atoms with van der Waals surface area (Å²) in [5.41, 5.74) is 3.09. The summed E-state index contributed by atoms with van der Waals surface area (Å²) in [5, 5.41) is 2.87. The molecule has 2 heterocycles. The minimum atomic E-state index is -0.224. The molecule has 0 saturated carbocycles. The van der Waals surface area contributed by atoms with Gasteiger partial charge in [0.15, 0.2) is 0 Å². The maximum absolute atomic E-state index is 13.0. The second-order valence-electron chi connectivity index (χ2n) is 6.96. The van der Waals surface area contributed by atoms with Crippen LogP contribution in [0.3, 0.4) is 0 Å². The minimum absolute atomic E-state index is 0.119. The van der Waals surface area contributed by atoms with Crippen molar-refractivity contribution in [1.29, 1.82) is 0 Å². The normalized spacial score (nSPS) is 10.4. The van der Waals surface area contributed by atoms with E-state index < -0.39 is 0 Å². The van der Waals surface area contributed by atoms with Crippen molar-refractivity contribution < 1.29 is 9.59 Å². The SMILES string of the molecule is Cc1cnc(C(=O)N(CCC(=O)NCc2cccnc2)CCc2ccccc2)cn1. The van der Waals surface area contributed by atoms with Crippen LogP contribution in [-0.2, 0) is 17.8 Å². The number of carbonyl (C=O) groups excluding carboxylic acids is 2. The molecule has 3 aromatic rings. The molecule has 2 aromatic heterocycles. The van der Waals surface area contributed by atoms with Crippen LogP contribution in [0.4, 0.5) is 0 Å². The van der Waals surface area contributed by atoms with Crippen molar-refractivity contribution in [3.05, 3.63) is 89.8 Å². The number of carbonyl (C=O) groups is 2. The number of nitrogens with zero attached hydrogens (tertiary/aromatic N) is 4. The van der Waals surface area contributed by atoms with Gasteiger partial charge in [0.1, 0.15) is 5.69 Å². The van der Waals surface area contributed by atoms with Gasteiger partial charge in [-0.25, -0.2) is 4.98 Å². The van der Waals surface area contributed by atoms with E-state index in [9.17, 15) is 9.59 Å². The zero-order valence-corrected chi connectivity index (χ0v) is 17.0. The fourth-order valence-corrected chi connectivity index (χ4v) is 2.92. The van der Waals surface area contributed by atoms with Gasteiger partial charge >= 0.3 is 0 Å². The van der Waals surface area contributed by atoms with Gasteiger partial charge < -0.3 is 10.2 Å². The molecule has 0 aliphatic carbocycles. The third-order valence-electron chi connectivity index (χ3n) is 4.62. The predicted molar refractivity (Wildman–Crippen MR) is 114 cm³/mol. The quantitative estimate of drug-likeness (QED) is 0.593. The van der Waals surface area contributed by atoms with Crippen LogP contribution in [0.2, 0.25) is 0 Å². The van der Waals surface area contributed by atoms with E-state index >= 15 is 0 Å². The van der Waals surface area contributed by atoms with Crippen molar-refractivity contribution in [1.82, 2.24) is 25.2 Å². The maximum atomic E-state index is 13.0. The van der Waals surface area contributed by atoms with Gasteiger partial charge in [-0.15, -0.1) is 0 Å². The molecule has 0 unspecified atom stereocenters. The molecule has 0 aliphatic rings. The molecule has 0 spiro atoms. The molecule has 1 aromatic carbocycles. The van der Waals surface area contributed by atoms with E-state index in [1.807, 2.05) is 49.4 Å². The van der Waals surface area contributed by atoms with E-state index in [1.165, 1.54) is 6.20 Å². The van der Waals surface area contributed by atoms with Gasteiger partial charge in [-0.05, 0) is 30.5 Å². The van der Waals surface area contributed by atoms with Crippen LogP contribution in [0.25, 0.3) is 0 Å². The molecule has 7 heteroatoms. The Morgan fingerprint density at radius 1 is 0.933 bits per heavy atom. The first kappa shape index (κ1) is 21.1. The highest BCUT2D eigenvalue weighted by molar-refractivity contribution is 5.92. The van der Waals surface area contributed by atoms with Crippen molar-refractivity contribution in [3.63, 3.8) is 0 Å². The molecule has 0 fully saturated rings. The highest BCUT2D eigenvalue weighted by atomic mass is 16.2. The molecule has 30 heavy (non-hydrogen) atoms. The average molecular weight is 403 g/mol. The Bertz CT molecular complexity index is 946. The number of aryl methyl sites for hydroxylation is 1. The van der Waals surface area contributed by atoms with Crippen LogP contribution in [0.1, 0.15) is 33.7 Å². The highest BCUT2D eigenvalue weighted by Gasteiger charge is 2.18. The summed E-state index contributed by atoms with van der Waals surface area (Å²) in [5.74, 6) is -0.343. The maximum Gasteiger partial charge on any atom is 0.274 e. The molecular formula is C23H25N5O2. The molecule has 1 N–H and O–H groups in total. The van der Waals surface area contributed by atoms with Crippen LogP contribution >= 0.6 is 0 Å². The molecule has 154 valence electrons. The average Bonchev–Trinajstić information content (AvgIpc) is 2.79. The number of nitrogens with one attached hydrogen (secondary N) is 1. The first-order valence-corrected chi connectivity index (χ1v) is 9.89. The molecule has 0 radical (unpaired) electrons. The van der Waals surface area contributed by atoms with E-state index in [0.29, 0.717) is 26.1 Å². The van der Waals surface area contributed by atoms with Crippen LogP contribution in [0, 0.1) is 6.92 Å².